The summed E-state index contributed by atoms with van der Waals surface area (Å²) in [6.45, 7) is 0.259. The molecule has 3 heterocycles. The van der Waals surface area contributed by atoms with Crippen molar-refractivity contribution in [3.05, 3.63) is 69.1 Å². The first-order valence-corrected chi connectivity index (χ1v) is 10.5. The molecule has 1 aromatic heterocycles. The number of imide groups is 1. The Hall–Kier alpha value is -3.33. The van der Waals surface area contributed by atoms with Crippen molar-refractivity contribution >= 4 is 39.9 Å². The van der Waals surface area contributed by atoms with Gasteiger partial charge in [0, 0.05) is 22.2 Å². The molecule has 1 fully saturated rings. The van der Waals surface area contributed by atoms with E-state index in [1.807, 2.05) is 18.2 Å². The van der Waals surface area contributed by atoms with Gasteiger partial charge in [-0.05, 0) is 42.3 Å². The van der Waals surface area contributed by atoms with Gasteiger partial charge in [0.25, 0.3) is 11.8 Å². The van der Waals surface area contributed by atoms with E-state index in [0.29, 0.717) is 35.8 Å². The summed E-state index contributed by atoms with van der Waals surface area (Å²) in [5.74, 6) is 0.690. The Labute approximate surface area is 186 Å². The highest BCUT2D eigenvalue weighted by molar-refractivity contribution is 9.11. The molecule has 1 aromatic carbocycles. The van der Waals surface area contributed by atoms with E-state index in [1.54, 1.807) is 24.3 Å². The number of halogens is 1. The van der Waals surface area contributed by atoms with Gasteiger partial charge in [0.15, 0.2) is 5.54 Å². The Bertz CT molecular complexity index is 1200. The van der Waals surface area contributed by atoms with E-state index in [2.05, 4.69) is 26.6 Å². The fourth-order valence-corrected chi connectivity index (χ4v) is 4.41. The van der Waals surface area contributed by atoms with Crippen molar-refractivity contribution in [1.29, 1.82) is 0 Å². The number of hydrogen-bond acceptors (Lipinski definition) is 5. The Morgan fingerprint density at radius 3 is 2.77 bits per heavy atom. The van der Waals surface area contributed by atoms with E-state index in [0.717, 1.165) is 15.6 Å². The Morgan fingerprint density at radius 2 is 2.03 bits per heavy atom. The molecule has 3 aliphatic rings. The van der Waals surface area contributed by atoms with Crippen LogP contribution >= 0.6 is 15.9 Å². The molecule has 4 amide bonds. The number of methoxy groups -OCH3 is 1. The summed E-state index contributed by atoms with van der Waals surface area (Å²) < 4.78 is 12.2. The molecule has 1 atom stereocenters. The molecule has 31 heavy (non-hydrogen) atoms. The lowest BCUT2D eigenvalue weighted by Crippen LogP contribution is -2.52. The number of furan rings is 1. The Morgan fingerprint density at radius 1 is 1.19 bits per heavy atom. The lowest BCUT2D eigenvalue weighted by Gasteiger charge is -2.29. The van der Waals surface area contributed by atoms with Crippen molar-refractivity contribution < 1.29 is 23.5 Å². The second-order valence-electron chi connectivity index (χ2n) is 7.62. The fourth-order valence-electron chi connectivity index (χ4n) is 4.12. The van der Waals surface area contributed by atoms with E-state index < -0.39 is 17.5 Å². The first-order chi connectivity index (χ1) is 14.9. The van der Waals surface area contributed by atoms with Gasteiger partial charge >= 0.3 is 6.03 Å². The van der Waals surface area contributed by atoms with Crippen LogP contribution in [-0.2, 0) is 23.3 Å². The summed E-state index contributed by atoms with van der Waals surface area (Å²) in [7, 11) is 1.54. The first kappa shape index (κ1) is 19.6. The average molecular weight is 484 g/mol. The molecule has 2 N–H and O–H groups in total. The van der Waals surface area contributed by atoms with Crippen LogP contribution in [0.1, 0.15) is 33.0 Å². The number of benzene rings is 1. The average Bonchev–Trinajstić information content (AvgIpc) is 3.35. The van der Waals surface area contributed by atoms with Crippen molar-refractivity contribution in [3.63, 3.8) is 0 Å². The zero-order chi connectivity index (χ0) is 21.8. The highest BCUT2D eigenvalue weighted by Crippen LogP contribution is 2.35. The Kier molecular flexibility index (Phi) is 4.51. The maximum Gasteiger partial charge on any atom is 0.322 e. The highest BCUT2D eigenvalue weighted by Gasteiger charge is 2.53. The van der Waals surface area contributed by atoms with Crippen LogP contribution < -0.4 is 15.4 Å². The van der Waals surface area contributed by atoms with E-state index >= 15 is 0 Å². The van der Waals surface area contributed by atoms with Crippen LogP contribution in [0.4, 0.5) is 4.79 Å². The quantitative estimate of drug-likeness (QED) is 0.651. The molecule has 0 unspecified atom stereocenters. The van der Waals surface area contributed by atoms with E-state index in [9.17, 15) is 14.4 Å². The molecular weight excluding hydrogens is 466 g/mol. The number of carbonyl (C=O) groups excluding carboxylic acids is 3. The Balaban J connectivity index is 1.51. The number of nitrogens with one attached hydrogen (secondary N) is 2. The van der Waals surface area contributed by atoms with Crippen molar-refractivity contribution in [1.82, 2.24) is 15.5 Å². The second-order valence-corrected chi connectivity index (χ2v) is 8.54. The number of amides is 4. The maximum absolute atomic E-state index is 13.1. The SMILES string of the molecule is COc1ccc2c(c1)C(=O)N(C[C@@]1(c3cc4c(o3)C=CC(Br)=CC4)NC(=O)NC1=O)C2. The summed E-state index contributed by atoms with van der Waals surface area (Å²) in [6, 6.07) is 6.44. The minimum absolute atomic E-state index is 0.0595. The number of nitrogens with zero attached hydrogens (tertiary/aromatic N) is 1. The van der Waals surface area contributed by atoms with Gasteiger partial charge in [-0.1, -0.05) is 28.1 Å². The third-order valence-corrected chi connectivity index (χ3v) is 6.33. The van der Waals surface area contributed by atoms with Gasteiger partial charge in [-0.2, -0.15) is 0 Å². The molecule has 0 radical (unpaired) electrons. The minimum Gasteiger partial charge on any atom is -0.497 e. The summed E-state index contributed by atoms with van der Waals surface area (Å²) in [5.41, 5.74) is 0.723. The number of allylic oxidation sites excluding steroid dienone is 3. The van der Waals surface area contributed by atoms with Gasteiger partial charge in [0.2, 0.25) is 0 Å². The van der Waals surface area contributed by atoms with E-state index in [1.165, 1.54) is 12.0 Å². The van der Waals surface area contributed by atoms with Gasteiger partial charge in [-0.25, -0.2) is 4.79 Å². The molecule has 0 spiro atoms. The van der Waals surface area contributed by atoms with Crippen LogP contribution in [0.3, 0.4) is 0 Å². The van der Waals surface area contributed by atoms with Crippen LogP contribution in [-0.4, -0.2) is 36.4 Å². The van der Waals surface area contributed by atoms with Crippen molar-refractivity contribution in [2.75, 3.05) is 13.7 Å². The zero-order valence-electron chi connectivity index (χ0n) is 16.5. The molecule has 0 bridgehead atoms. The maximum atomic E-state index is 13.1. The predicted molar refractivity (Wildman–Crippen MR) is 115 cm³/mol. The molecule has 1 aliphatic carbocycles. The predicted octanol–water partition coefficient (Wildman–Crippen LogP) is 2.83. The number of rotatable bonds is 4. The fraction of sp³-hybridized carbons (Fsp3) is 0.227. The minimum atomic E-state index is -1.51. The lowest BCUT2D eigenvalue weighted by atomic mass is 9.94. The van der Waals surface area contributed by atoms with Crippen molar-refractivity contribution in [2.24, 2.45) is 0 Å². The third-order valence-electron chi connectivity index (χ3n) is 5.74. The summed E-state index contributed by atoms with van der Waals surface area (Å²) >= 11 is 3.44. The first-order valence-electron chi connectivity index (χ1n) is 9.66. The van der Waals surface area contributed by atoms with Crippen LogP contribution in [0.25, 0.3) is 6.08 Å². The molecule has 2 aromatic rings. The van der Waals surface area contributed by atoms with Crippen LogP contribution in [0.15, 0.2) is 45.3 Å². The van der Waals surface area contributed by atoms with Gasteiger partial charge in [0.1, 0.15) is 17.3 Å². The molecule has 0 saturated carbocycles. The summed E-state index contributed by atoms with van der Waals surface area (Å²) in [6.07, 6.45) is 6.24. The largest absolute Gasteiger partial charge is 0.497 e. The van der Waals surface area contributed by atoms with Gasteiger partial charge < -0.3 is 19.4 Å². The smallest absolute Gasteiger partial charge is 0.322 e. The third kappa shape index (κ3) is 3.16. The summed E-state index contributed by atoms with van der Waals surface area (Å²) in [4.78, 5) is 39.7. The molecule has 8 nitrogen and oxygen atoms in total. The number of fused-ring (bicyclic) bond motifs is 2. The topological polar surface area (TPSA) is 101 Å². The normalized spacial score (nSPS) is 21.9. The van der Waals surface area contributed by atoms with Gasteiger partial charge in [-0.3, -0.25) is 14.9 Å². The molecule has 158 valence electrons. The number of hydrogen-bond donors (Lipinski definition) is 2. The number of urea groups is 1. The van der Waals surface area contributed by atoms with Crippen LogP contribution in [0.5, 0.6) is 5.75 Å². The van der Waals surface area contributed by atoms with Crippen molar-refractivity contribution in [2.45, 2.75) is 18.5 Å². The van der Waals surface area contributed by atoms with Gasteiger partial charge in [-0.15, -0.1) is 0 Å². The molecule has 1 saturated heterocycles. The van der Waals surface area contributed by atoms with Crippen molar-refractivity contribution in [3.8, 4) is 5.75 Å². The molecule has 5 rings (SSSR count). The highest BCUT2D eigenvalue weighted by atomic mass is 79.9. The standard InChI is InChI=1S/C22H18BrN3O5/c1-30-15-6-3-13-10-26(19(27)16(13)9-15)11-22(20(28)24-21(29)25-22)18-8-12-2-4-14(23)5-7-17(12)31-18/h3-9H,2,10-11H2,1H3,(H2,24,25,28,29)/t22-/m0/s1. The number of ether oxygens (including phenoxy) is 1. The van der Waals surface area contributed by atoms with Crippen LogP contribution in [0.2, 0.25) is 0 Å². The monoisotopic (exact) mass is 483 g/mol. The van der Waals surface area contributed by atoms with E-state index in [-0.39, 0.29) is 12.5 Å². The molecule has 2 aliphatic heterocycles. The van der Waals surface area contributed by atoms with E-state index in [4.69, 9.17) is 9.15 Å². The zero-order valence-corrected chi connectivity index (χ0v) is 18.1. The molecule has 9 heteroatoms. The summed E-state index contributed by atoms with van der Waals surface area (Å²) in [5, 5.41) is 4.99. The lowest BCUT2D eigenvalue weighted by molar-refractivity contribution is -0.125. The van der Waals surface area contributed by atoms with Crippen LogP contribution in [0, 0.1) is 0 Å². The van der Waals surface area contributed by atoms with Gasteiger partial charge in [0.05, 0.1) is 13.7 Å². The molecular formula is C22H18BrN3O5. The number of carbonyl (C=O) groups is 3. The second kappa shape index (κ2) is 7.12.